The van der Waals surface area contributed by atoms with Gasteiger partial charge >= 0.3 is 0 Å². The van der Waals surface area contributed by atoms with Crippen LogP contribution in [0.25, 0.3) is 43.5 Å². The summed E-state index contributed by atoms with van der Waals surface area (Å²) in [7, 11) is 0. The molecule has 0 spiro atoms. The van der Waals surface area contributed by atoms with Crippen LogP contribution in [0.5, 0.6) is 0 Å². The zero-order valence-corrected chi connectivity index (χ0v) is 17.0. The van der Waals surface area contributed by atoms with Crippen molar-refractivity contribution < 1.29 is 4.57 Å². The molecule has 4 nitrogen and oxygen atoms in total. The number of nitrogens with one attached hydrogen (secondary N) is 1. The van der Waals surface area contributed by atoms with Crippen LogP contribution in [-0.4, -0.2) is 16.5 Å². The highest BCUT2D eigenvalue weighted by Gasteiger charge is 2.13. The quantitative estimate of drug-likeness (QED) is 0.314. The number of hydrogen-bond acceptors (Lipinski definition) is 3. The van der Waals surface area contributed by atoms with Crippen LogP contribution in [0, 0.1) is 0 Å². The Balaban J connectivity index is 1.37. The fraction of sp³-hybridized carbons (Fsp3) is 0.0741. The first-order valence-corrected chi connectivity index (χ1v) is 10.5. The fourth-order valence-corrected chi connectivity index (χ4v) is 4.46. The summed E-state index contributed by atoms with van der Waals surface area (Å²) in [6, 6.07) is 27.5. The molecule has 3 heterocycles. The van der Waals surface area contributed by atoms with E-state index in [-0.39, 0.29) is 0 Å². The third-order valence-electron chi connectivity index (χ3n) is 5.89. The summed E-state index contributed by atoms with van der Waals surface area (Å²) in [5.41, 5.74) is 4.22. The third-order valence-corrected chi connectivity index (χ3v) is 5.89. The first kappa shape index (κ1) is 17.8. The van der Waals surface area contributed by atoms with Gasteiger partial charge in [-0.2, -0.15) is 4.57 Å². The number of para-hydroxylation sites is 1. The minimum atomic E-state index is 0.808. The number of nitrogens with zero attached hydrogens (tertiary/aromatic N) is 3. The van der Waals surface area contributed by atoms with Gasteiger partial charge < -0.3 is 5.32 Å². The van der Waals surface area contributed by atoms with E-state index >= 15 is 0 Å². The minimum Gasteiger partial charge on any atom is -0.378 e. The number of hydrogen-bond donors (Lipinski definition) is 1. The smallest absolute Gasteiger partial charge is 0.213 e. The first-order chi connectivity index (χ1) is 15.4. The maximum absolute atomic E-state index is 4.60. The predicted octanol–water partition coefficient (Wildman–Crippen LogP) is 5.49. The molecule has 0 unspecified atom stereocenters. The molecule has 0 aliphatic rings. The van der Waals surface area contributed by atoms with Gasteiger partial charge in [0.1, 0.15) is 0 Å². The molecule has 31 heavy (non-hydrogen) atoms. The van der Waals surface area contributed by atoms with Crippen LogP contribution < -0.4 is 9.88 Å². The van der Waals surface area contributed by atoms with E-state index in [1.807, 2.05) is 24.5 Å². The molecule has 0 amide bonds. The van der Waals surface area contributed by atoms with E-state index in [1.54, 1.807) is 0 Å². The summed E-state index contributed by atoms with van der Waals surface area (Å²) in [6.45, 7) is 1.67. The van der Waals surface area contributed by atoms with Crippen molar-refractivity contribution in [3.8, 4) is 0 Å². The number of pyridine rings is 3. The lowest BCUT2D eigenvalue weighted by atomic mass is 10.1. The average Bonchev–Trinajstić information content (AvgIpc) is 2.84. The van der Waals surface area contributed by atoms with Gasteiger partial charge in [-0.25, -0.2) is 0 Å². The summed E-state index contributed by atoms with van der Waals surface area (Å²) in [6.07, 6.45) is 5.91. The zero-order valence-electron chi connectivity index (χ0n) is 17.0. The van der Waals surface area contributed by atoms with Crippen molar-refractivity contribution in [3.63, 3.8) is 0 Å². The molecular formula is C27H21N4+. The second-order valence-corrected chi connectivity index (χ2v) is 7.75. The van der Waals surface area contributed by atoms with Crippen LogP contribution in [0.2, 0.25) is 0 Å². The van der Waals surface area contributed by atoms with Crippen molar-refractivity contribution in [3.05, 3.63) is 97.5 Å². The van der Waals surface area contributed by atoms with Crippen LogP contribution in [0.1, 0.15) is 0 Å². The Bertz CT molecular complexity index is 1450. The molecule has 0 bridgehead atoms. The predicted molar refractivity (Wildman–Crippen MR) is 127 cm³/mol. The summed E-state index contributed by atoms with van der Waals surface area (Å²) >= 11 is 0. The maximum atomic E-state index is 4.60. The van der Waals surface area contributed by atoms with Crippen molar-refractivity contribution in [2.24, 2.45) is 0 Å². The van der Waals surface area contributed by atoms with Crippen molar-refractivity contribution >= 4 is 49.2 Å². The molecule has 0 saturated heterocycles. The van der Waals surface area contributed by atoms with Gasteiger partial charge in [0.25, 0.3) is 0 Å². The second kappa shape index (κ2) is 7.33. The van der Waals surface area contributed by atoms with E-state index in [1.165, 1.54) is 21.7 Å². The second-order valence-electron chi connectivity index (χ2n) is 7.75. The lowest BCUT2D eigenvalue weighted by Crippen LogP contribution is -2.37. The Morgan fingerprint density at radius 3 is 2.32 bits per heavy atom. The molecule has 0 radical (unpaired) electrons. The Hall–Kier alpha value is -4.05. The Morgan fingerprint density at radius 1 is 0.677 bits per heavy atom. The summed E-state index contributed by atoms with van der Waals surface area (Å²) in [5.74, 6) is 0. The van der Waals surface area contributed by atoms with Crippen LogP contribution in [0.15, 0.2) is 97.5 Å². The van der Waals surface area contributed by atoms with E-state index < -0.39 is 0 Å². The van der Waals surface area contributed by atoms with Gasteiger partial charge in [0.15, 0.2) is 12.7 Å². The molecule has 6 aromatic rings. The summed E-state index contributed by atoms with van der Waals surface area (Å²) in [4.78, 5) is 9.15. The lowest BCUT2D eigenvalue weighted by molar-refractivity contribution is -0.666. The highest BCUT2D eigenvalue weighted by Crippen LogP contribution is 2.29. The molecule has 1 N–H and O–H groups in total. The summed E-state index contributed by atoms with van der Waals surface area (Å²) in [5, 5.41) is 9.68. The zero-order chi connectivity index (χ0) is 20.6. The molecule has 0 aliphatic heterocycles. The highest BCUT2D eigenvalue weighted by atomic mass is 15.0. The number of anilines is 1. The van der Waals surface area contributed by atoms with Crippen LogP contribution in [0.3, 0.4) is 0 Å². The first-order valence-electron chi connectivity index (χ1n) is 10.5. The van der Waals surface area contributed by atoms with Crippen LogP contribution in [-0.2, 0) is 6.54 Å². The number of benzene rings is 3. The largest absolute Gasteiger partial charge is 0.378 e. The molecule has 6 rings (SSSR count). The van der Waals surface area contributed by atoms with Gasteiger partial charge in [0.2, 0.25) is 5.52 Å². The topological polar surface area (TPSA) is 41.7 Å². The molecule has 148 valence electrons. The SMILES string of the molecule is c1ccc2c(c1)c[n+](CCNc1cc3cccnc3c3ncccc13)c1ccccc21. The van der Waals surface area contributed by atoms with E-state index in [4.69, 9.17) is 0 Å². The normalized spacial score (nSPS) is 11.5. The van der Waals surface area contributed by atoms with Crippen molar-refractivity contribution in [2.75, 3.05) is 11.9 Å². The Morgan fingerprint density at radius 2 is 1.39 bits per heavy atom. The van der Waals surface area contributed by atoms with Gasteiger partial charge in [0.05, 0.1) is 23.0 Å². The molecule has 0 atom stereocenters. The molecule has 0 fully saturated rings. The van der Waals surface area contributed by atoms with Crippen molar-refractivity contribution in [1.29, 1.82) is 0 Å². The molecule has 4 heteroatoms. The van der Waals surface area contributed by atoms with Gasteiger partial charge in [-0.1, -0.05) is 36.4 Å². The maximum Gasteiger partial charge on any atom is 0.213 e. The Labute approximate surface area is 179 Å². The number of aromatic nitrogens is 3. The average molecular weight is 401 g/mol. The van der Waals surface area contributed by atoms with Crippen molar-refractivity contribution in [2.45, 2.75) is 6.54 Å². The monoisotopic (exact) mass is 401 g/mol. The third kappa shape index (κ3) is 3.04. The summed E-state index contributed by atoms with van der Waals surface area (Å²) < 4.78 is 2.34. The van der Waals surface area contributed by atoms with Gasteiger partial charge in [-0.15, -0.1) is 0 Å². The molecule has 3 aromatic carbocycles. The van der Waals surface area contributed by atoms with E-state index in [0.717, 1.165) is 40.6 Å². The molecule has 3 aromatic heterocycles. The van der Waals surface area contributed by atoms with E-state index in [0.29, 0.717) is 0 Å². The van der Waals surface area contributed by atoms with Crippen molar-refractivity contribution in [1.82, 2.24) is 9.97 Å². The van der Waals surface area contributed by atoms with Gasteiger partial charge in [0, 0.05) is 45.7 Å². The number of rotatable bonds is 4. The molecule has 0 saturated carbocycles. The lowest BCUT2D eigenvalue weighted by Gasteiger charge is -2.11. The molecule has 0 aliphatic carbocycles. The molecular weight excluding hydrogens is 380 g/mol. The van der Waals surface area contributed by atoms with Gasteiger partial charge in [-0.05, 0) is 36.4 Å². The standard InChI is InChI=1S/C27H21N4/c1-2-9-21-20(7-1)18-31(25-12-4-3-10-22(21)25)16-15-28-24-17-19-8-5-13-29-26(19)27-23(24)11-6-14-30-27/h1-14,17-18,28H,15-16H2/q+1. The van der Waals surface area contributed by atoms with Gasteiger partial charge in [-0.3, -0.25) is 9.97 Å². The van der Waals surface area contributed by atoms with E-state index in [9.17, 15) is 0 Å². The number of fused-ring (bicyclic) bond motifs is 6. The Kier molecular flexibility index (Phi) is 4.20. The van der Waals surface area contributed by atoms with Crippen LogP contribution >= 0.6 is 0 Å². The fourth-order valence-electron chi connectivity index (χ4n) is 4.46. The highest BCUT2D eigenvalue weighted by molar-refractivity contribution is 6.09. The van der Waals surface area contributed by atoms with Crippen LogP contribution in [0.4, 0.5) is 5.69 Å². The van der Waals surface area contributed by atoms with E-state index in [2.05, 4.69) is 92.8 Å². The minimum absolute atomic E-state index is 0.808.